The van der Waals surface area contributed by atoms with E-state index in [9.17, 15) is 23.1 Å². The molecule has 3 rings (SSSR count). The number of aliphatic hydroxyl groups is 1. The summed E-state index contributed by atoms with van der Waals surface area (Å²) in [5, 5.41) is 13.0. The number of carbonyl (C=O) groups is 1. The Morgan fingerprint density at radius 1 is 1.33 bits per heavy atom. The molecule has 1 amide bonds. The van der Waals surface area contributed by atoms with E-state index in [1.54, 1.807) is 18.2 Å². The Kier molecular flexibility index (Phi) is 5.52. The highest BCUT2D eigenvalue weighted by Gasteiger charge is 2.33. The number of likely N-dealkylation sites (tertiary alicyclic amines) is 1. The van der Waals surface area contributed by atoms with Crippen molar-refractivity contribution in [3.8, 4) is 0 Å². The summed E-state index contributed by atoms with van der Waals surface area (Å²) in [5.74, 6) is -0.239. The van der Waals surface area contributed by atoms with E-state index in [0.29, 0.717) is 19.2 Å². The Morgan fingerprint density at radius 3 is 2.70 bits per heavy atom. The highest BCUT2D eigenvalue weighted by Crippen LogP contribution is 2.33. The molecule has 0 saturated carbocycles. The molecule has 0 bridgehead atoms. The van der Waals surface area contributed by atoms with Crippen LogP contribution in [0.25, 0.3) is 0 Å². The van der Waals surface area contributed by atoms with Crippen LogP contribution >= 0.6 is 11.6 Å². The first-order valence-electron chi connectivity index (χ1n) is 8.13. The number of nitrogens with zero attached hydrogens (tertiary/aromatic N) is 3. The molecular formula is C17H16ClF3N4O2. The van der Waals surface area contributed by atoms with Crippen LogP contribution in [0.3, 0.4) is 0 Å². The molecule has 1 fully saturated rings. The highest BCUT2D eigenvalue weighted by molar-refractivity contribution is 6.33. The predicted molar refractivity (Wildman–Crippen MR) is 92.4 cm³/mol. The van der Waals surface area contributed by atoms with Gasteiger partial charge in [-0.25, -0.2) is 4.98 Å². The average molecular weight is 401 g/mol. The number of hydrogen-bond acceptors (Lipinski definition) is 5. The number of rotatable bonds is 3. The monoisotopic (exact) mass is 400 g/mol. The van der Waals surface area contributed by atoms with Gasteiger partial charge in [0.05, 0.1) is 22.7 Å². The third kappa shape index (κ3) is 4.48. The van der Waals surface area contributed by atoms with E-state index in [-0.39, 0.29) is 29.0 Å². The van der Waals surface area contributed by atoms with Crippen LogP contribution in [0.15, 0.2) is 36.7 Å². The zero-order valence-electron chi connectivity index (χ0n) is 13.9. The lowest BCUT2D eigenvalue weighted by atomic mass is 10.0. The number of amides is 1. The molecular weight excluding hydrogens is 385 g/mol. The van der Waals surface area contributed by atoms with E-state index >= 15 is 0 Å². The van der Waals surface area contributed by atoms with Crippen LogP contribution in [0.2, 0.25) is 5.02 Å². The molecule has 0 aliphatic carbocycles. The van der Waals surface area contributed by atoms with Crippen molar-refractivity contribution in [1.29, 1.82) is 0 Å². The third-order valence-corrected chi connectivity index (χ3v) is 4.53. The van der Waals surface area contributed by atoms with E-state index < -0.39 is 23.9 Å². The molecule has 1 aliphatic heterocycles. The summed E-state index contributed by atoms with van der Waals surface area (Å²) in [5.41, 5.74) is -0.669. The van der Waals surface area contributed by atoms with Crippen molar-refractivity contribution in [2.75, 3.05) is 18.4 Å². The van der Waals surface area contributed by atoms with Crippen molar-refractivity contribution < 1.29 is 23.1 Å². The standard InChI is InChI=1S/C17H16ClF3N4O2/c18-11-7-10(17(19,20)21)8-23-15(11)24-12-4-6-25(9-14(12)26)16(27)13-3-1-2-5-22-13/h1-3,5,7-8,12,14,26H,4,6,9H2,(H,23,24)/t12-,14-/m0/s1. The van der Waals surface area contributed by atoms with Crippen molar-refractivity contribution in [2.45, 2.75) is 24.7 Å². The van der Waals surface area contributed by atoms with E-state index in [4.69, 9.17) is 11.6 Å². The van der Waals surface area contributed by atoms with Gasteiger partial charge in [0.1, 0.15) is 11.5 Å². The van der Waals surface area contributed by atoms with Gasteiger partial charge < -0.3 is 15.3 Å². The number of aromatic nitrogens is 2. The first-order valence-corrected chi connectivity index (χ1v) is 8.51. The van der Waals surface area contributed by atoms with Crippen LogP contribution in [0, 0.1) is 0 Å². The molecule has 3 heterocycles. The van der Waals surface area contributed by atoms with Gasteiger partial charge in [-0.1, -0.05) is 17.7 Å². The lowest BCUT2D eigenvalue weighted by molar-refractivity contribution is -0.137. The van der Waals surface area contributed by atoms with Gasteiger partial charge in [-0.3, -0.25) is 9.78 Å². The molecule has 27 heavy (non-hydrogen) atoms. The molecule has 0 spiro atoms. The third-order valence-electron chi connectivity index (χ3n) is 4.24. The quantitative estimate of drug-likeness (QED) is 0.828. The van der Waals surface area contributed by atoms with Crippen LogP contribution in [0.5, 0.6) is 0 Å². The molecule has 2 atom stereocenters. The summed E-state index contributed by atoms with van der Waals surface area (Å²) in [6.45, 7) is 0.410. The Balaban J connectivity index is 1.65. The fraction of sp³-hybridized carbons (Fsp3) is 0.353. The van der Waals surface area contributed by atoms with Gasteiger partial charge in [-0.2, -0.15) is 13.2 Å². The Hall–Kier alpha value is -2.39. The van der Waals surface area contributed by atoms with Crippen molar-refractivity contribution in [3.05, 3.63) is 52.9 Å². The maximum absolute atomic E-state index is 12.7. The van der Waals surface area contributed by atoms with Gasteiger partial charge in [0.15, 0.2) is 0 Å². The summed E-state index contributed by atoms with van der Waals surface area (Å²) in [6.07, 6.45) is -2.91. The fourth-order valence-corrected chi connectivity index (χ4v) is 3.03. The molecule has 0 aromatic carbocycles. The van der Waals surface area contributed by atoms with Gasteiger partial charge in [-0.05, 0) is 24.6 Å². The summed E-state index contributed by atoms with van der Waals surface area (Å²) in [6, 6.07) is 5.26. The zero-order chi connectivity index (χ0) is 19.6. The molecule has 10 heteroatoms. The molecule has 1 aliphatic rings. The van der Waals surface area contributed by atoms with Crippen molar-refractivity contribution in [3.63, 3.8) is 0 Å². The first kappa shape index (κ1) is 19.4. The van der Waals surface area contributed by atoms with Crippen LogP contribution in [-0.2, 0) is 6.18 Å². The average Bonchev–Trinajstić information content (AvgIpc) is 2.64. The molecule has 2 N–H and O–H groups in total. The second kappa shape index (κ2) is 7.69. The number of nitrogens with one attached hydrogen (secondary N) is 1. The van der Waals surface area contributed by atoms with Crippen LogP contribution in [0.1, 0.15) is 22.5 Å². The minimum absolute atomic E-state index is 0.0539. The molecule has 2 aromatic heterocycles. The van der Waals surface area contributed by atoms with Crippen molar-refractivity contribution >= 4 is 23.3 Å². The van der Waals surface area contributed by atoms with Crippen LogP contribution in [0.4, 0.5) is 19.0 Å². The Bertz CT molecular complexity index is 820. The van der Waals surface area contributed by atoms with E-state index in [1.165, 1.54) is 11.1 Å². The summed E-state index contributed by atoms with van der Waals surface area (Å²) in [4.78, 5) is 21.6. The Labute approximate surface area is 158 Å². The minimum Gasteiger partial charge on any atom is -0.389 e. The van der Waals surface area contributed by atoms with Crippen molar-refractivity contribution in [1.82, 2.24) is 14.9 Å². The van der Waals surface area contributed by atoms with Gasteiger partial charge in [0.2, 0.25) is 0 Å². The second-order valence-corrected chi connectivity index (χ2v) is 6.53. The van der Waals surface area contributed by atoms with E-state index in [0.717, 1.165) is 6.07 Å². The van der Waals surface area contributed by atoms with Crippen LogP contribution < -0.4 is 5.32 Å². The summed E-state index contributed by atoms with van der Waals surface area (Å²) < 4.78 is 38.0. The van der Waals surface area contributed by atoms with E-state index in [1.807, 2.05) is 0 Å². The summed E-state index contributed by atoms with van der Waals surface area (Å²) >= 11 is 5.88. The highest BCUT2D eigenvalue weighted by atomic mass is 35.5. The minimum atomic E-state index is -4.54. The number of anilines is 1. The largest absolute Gasteiger partial charge is 0.417 e. The molecule has 1 saturated heterocycles. The SMILES string of the molecule is O=C(c1ccccn1)N1CC[C@H](Nc2ncc(C(F)(F)F)cc2Cl)[C@@H](O)C1. The molecule has 144 valence electrons. The number of carbonyl (C=O) groups excluding carboxylic acids is 1. The zero-order valence-corrected chi connectivity index (χ0v) is 14.7. The second-order valence-electron chi connectivity index (χ2n) is 6.13. The number of alkyl halides is 3. The van der Waals surface area contributed by atoms with Gasteiger partial charge in [0.25, 0.3) is 5.91 Å². The number of pyridine rings is 2. The van der Waals surface area contributed by atoms with Gasteiger partial charge >= 0.3 is 6.18 Å². The molecule has 6 nitrogen and oxygen atoms in total. The predicted octanol–water partition coefficient (Wildman–Crippen LogP) is 2.84. The maximum atomic E-state index is 12.7. The smallest absolute Gasteiger partial charge is 0.389 e. The van der Waals surface area contributed by atoms with E-state index in [2.05, 4.69) is 15.3 Å². The number of β-amino-alcohol motifs (C(OH)–C–C–N with tert-alkyl or cyclic N) is 1. The number of piperidine rings is 1. The molecule has 0 radical (unpaired) electrons. The Morgan fingerprint density at radius 2 is 2.11 bits per heavy atom. The fourth-order valence-electron chi connectivity index (χ4n) is 2.81. The van der Waals surface area contributed by atoms with Crippen LogP contribution in [-0.4, -0.2) is 51.1 Å². The lowest BCUT2D eigenvalue weighted by Gasteiger charge is -2.36. The van der Waals surface area contributed by atoms with Gasteiger partial charge in [-0.15, -0.1) is 0 Å². The number of hydrogen-bond donors (Lipinski definition) is 2. The molecule has 0 unspecified atom stereocenters. The molecule has 2 aromatic rings. The lowest BCUT2D eigenvalue weighted by Crippen LogP contribution is -2.51. The normalized spacial score (nSPS) is 20.4. The van der Waals surface area contributed by atoms with Crippen molar-refractivity contribution in [2.24, 2.45) is 0 Å². The number of aliphatic hydroxyl groups excluding tert-OH is 1. The maximum Gasteiger partial charge on any atom is 0.417 e. The number of halogens is 4. The summed E-state index contributed by atoms with van der Waals surface area (Å²) in [7, 11) is 0. The first-order chi connectivity index (χ1) is 12.8. The topological polar surface area (TPSA) is 78.4 Å². The van der Waals surface area contributed by atoms with Gasteiger partial charge in [0, 0.05) is 25.5 Å².